The van der Waals surface area contributed by atoms with Gasteiger partial charge in [-0.25, -0.2) is 0 Å². The molecule has 19 heavy (non-hydrogen) atoms. The summed E-state index contributed by atoms with van der Waals surface area (Å²) in [5.74, 6) is 0.468. The van der Waals surface area contributed by atoms with Crippen molar-refractivity contribution in [2.24, 2.45) is 0 Å². The van der Waals surface area contributed by atoms with Crippen molar-refractivity contribution in [1.29, 1.82) is 0 Å². The number of nitrogens with zero attached hydrogens (tertiary/aromatic N) is 2. The predicted molar refractivity (Wildman–Crippen MR) is 71.1 cm³/mol. The fourth-order valence-corrected chi connectivity index (χ4v) is 1.75. The molecular weight excluding hydrogens is 244 g/mol. The van der Waals surface area contributed by atoms with Crippen molar-refractivity contribution in [3.05, 3.63) is 41.5 Å². The lowest BCUT2D eigenvalue weighted by atomic mass is 10.1. The zero-order valence-electron chi connectivity index (χ0n) is 10.9. The lowest BCUT2D eigenvalue weighted by Crippen LogP contribution is -2.26. The minimum atomic E-state index is -0.114. The summed E-state index contributed by atoms with van der Waals surface area (Å²) in [5, 5.41) is 9.53. The van der Waals surface area contributed by atoms with Crippen LogP contribution < -0.4 is 10.6 Å². The number of carbonyl (C=O) groups is 1. The average Bonchev–Trinajstić information content (AvgIpc) is 2.91. The zero-order chi connectivity index (χ0) is 13.7. The lowest BCUT2D eigenvalue weighted by Gasteiger charge is -2.10. The molecule has 0 aliphatic heterocycles. The van der Waals surface area contributed by atoms with E-state index in [1.165, 1.54) is 6.39 Å². The van der Waals surface area contributed by atoms with Gasteiger partial charge in [-0.3, -0.25) is 4.79 Å². The van der Waals surface area contributed by atoms with E-state index in [0.29, 0.717) is 24.4 Å². The van der Waals surface area contributed by atoms with E-state index in [9.17, 15) is 4.79 Å². The Hall–Kier alpha value is -2.37. The van der Waals surface area contributed by atoms with Crippen molar-refractivity contribution >= 4 is 11.6 Å². The first-order valence-electron chi connectivity index (χ1n) is 6.02. The Morgan fingerprint density at radius 1 is 1.42 bits per heavy atom. The van der Waals surface area contributed by atoms with Gasteiger partial charge in [-0.2, -0.15) is 4.98 Å². The van der Waals surface area contributed by atoms with Gasteiger partial charge in [0, 0.05) is 25.7 Å². The molecule has 2 N–H and O–H groups in total. The minimum Gasteiger partial charge on any atom is -0.387 e. The third kappa shape index (κ3) is 3.31. The standard InChI is InChI=1S/C13H16N4O2/c1-9-3-4-11(14-2)10(7-9)13(18)15-6-5-12-16-8-19-17-12/h3-4,7-8,14H,5-6H2,1-2H3,(H,15,18). The molecule has 0 saturated carbocycles. The summed E-state index contributed by atoms with van der Waals surface area (Å²) >= 11 is 0. The van der Waals surface area contributed by atoms with Crippen molar-refractivity contribution in [3.63, 3.8) is 0 Å². The quantitative estimate of drug-likeness (QED) is 0.849. The first-order chi connectivity index (χ1) is 9.20. The number of rotatable bonds is 5. The van der Waals surface area contributed by atoms with Crippen molar-refractivity contribution in [3.8, 4) is 0 Å². The molecule has 1 heterocycles. The largest absolute Gasteiger partial charge is 0.387 e. The van der Waals surface area contributed by atoms with E-state index in [1.54, 1.807) is 7.05 Å². The van der Waals surface area contributed by atoms with Gasteiger partial charge in [0.05, 0.1) is 5.56 Å². The maximum atomic E-state index is 12.1. The molecular formula is C13H16N4O2. The molecule has 0 fully saturated rings. The van der Waals surface area contributed by atoms with E-state index in [1.807, 2.05) is 25.1 Å². The Balaban J connectivity index is 1.97. The Morgan fingerprint density at radius 3 is 2.95 bits per heavy atom. The molecule has 0 aliphatic carbocycles. The van der Waals surface area contributed by atoms with Gasteiger partial charge in [0.15, 0.2) is 5.82 Å². The zero-order valence-corrected chi connectivity index (χ0v) is 10.9. The predicted octanol–water partition coefficient (Wildman–Crippen LogP) is 1.39. The topological polar surface area (TPSA) is 80.0 Å². The van der Waals surface area contributed by atoms with Crippen LogP contribution in [0, 0.1) is 6.92 Å². The van der Waals surface area contributed by atoms with E-state index in [0.717, 1.165) is 11.3 Å². The van der Waals surface area contributed by atoms with Gasteiger partial charge in [-0.1, -0.05) is 16.8 Å². The third-order valence-electron chi connectivity index (χ3n) is 2.73. The fourth-order valence-electron chi connectivity index (χ4n) is 1.75. The van der Waals surface area contributed by atoms with Crippen molar-refractivity contribution in [2.75, 3.05) is 18.9 Å². The highest BCUT2D eigenvalue weighted by molar-refractivity contribution is 5.99. The highest BCUT2D eigenvalue weighted by Gasteiger charge is 2.10. The molecule has 2 aromatic rings. The van der Waals surface area contributed by atoms with Gasteiger partial charge < -0.3 is 15.2 Å². The maximum absolute atomic E-state index is 12.1. The molecule has 0 atom stereocenters. The number of aromatic nitrogens is 2. The summed E-state index contributed by atoms with van der Waals surface area (Å²) < 4.78 is 4.63. The Bertz CT molecular complexity index is 552. The van der Waals surface area contributed by atoms with E-state index in [4.69, 9.17) is 0 Å². The number of carbonyl (C=O) groups excluding carboxylic acids is 1. The number of aryl methyl sites for hydroxylation is 1. The number of anilines is 1. The van der Waals surface area contributed by atoms with Gasteiger partial charge in [-0.15, -0.1) is 0 Å². The molecule has 0 aliphatic rings. The number of amides is 1. The molecule has 100 valence electrons. The normalized spacial score (nSPS) is 10.2. The Morgan fingerprint density at radius 2 is 2.26 bits per heavy atom. The Labute approximate surface area is 111 Å². The van der Waals surface area contributed by atoms with E-state index in [-0.39, 0.29) is 5.91 Å². The fraction of sp³-hybridized carbons (Fsp3) is 0.308. The summed E-state index contributed by atoms with van der Waals surface area (Å²) in [5.41, 5.74) is 2.49. The van der Waals surface area contributed by atoms with E-state index in [2.05, 4.69) is 25.3 Å². The second-order valence-corrected chi connectivity index (χ2v) is 4.15. The molecule has 2 rings (SSSR count). The summed E-state index contributed by atoms with van der Waals surface area (Å²) in [6.45, 7) is 2.42. The maximum Gasteiger partial charge on any atom is 0.253 e. The van der Waals surface area contributed by atoms with Gasteiger partial charge in [0.25, 0.3) is 5.91 Å². The van der Waals surface area contributed by atoms with Crippen molar-refractivity contribution in [2.45, 2.75) is 13.3 Å². The first-order valence-corrected chi connectivity index (χ1v) is 6.02. The number of hydrogen-bond donors (Lipinski definition) is 2. The highest BCUT2D eigenvalue weighted by Crippen LogP contribution is 2.16. The summed E-state index contributed by atoms with van der Waals surface area (Å²) in [7, 11) is 1.79. The van der Waals surface area contributed by atoms with Gasteiger partial charge in [0.2, 0.25) is 6.39 Å². The molecule has 0 unspecified atom stereocenters. The van der Waals surface area contributed by atoms with Crippen LogP contribution in [0.25, 0.3) is 0 Å². The second kappa shape index (κ2) is 5.99. The van der Waals surface area contributed by atoms with E-state index >= 15 is 0 Å². The average molecular weight is 260 g/mol. The third-order valence-corrected chi connectivity index (χ3v) is 2.73. The van der Waals surface area contributed by atoms with Crippen LogP contribution in [-0.2, 0) is 6.42 Å². The number of benzene rings is 1. The Kier molecular flexibility index (Phi) is 4.12. The van der Waals surface area contributed by atoms with Crippen LogP contribution in [0.2, 0.25) is 0 Å². The smallest absolute Gasteiger partial charge is 0.253 e. The molecule has 6 nitrogen and oxygen atoms in total. The van der Waals surface area contributed by atoms with Gasteiger partial charge in [-0.05, 0) is 19.1 Å². The van der Waals surface area contributed by atoms with Crippen LogP contribution in [0.1, 0.15) is 21.7 Å². The number of nitrogens with one attached hydrogen (secondary N) is 2. The lowest BCUT2D eigenvalue weighted by molar-refractivity contribution is 0.0954. The monoisotopic (exact) mass is 260 g/mol. The molecule has 0 spiro atoms. The molecule has 0 radical (unpaired) electrons. The second-order valence-electron chi connectivity index (χ2n) is 4.15. The van der Waals surface area contributed by atoms with Gasteiger partial charge >= 0.3 is 0 Å². The van der Waals surface area contributed by atoms with Crippen LogP contribution in [0.4, 0.5) is 5.69 Å². The van der Waals surface area contributed by atoms with E-state index < -0.39 is 0 Å². The minimum absolute atomic E-state index is 0.114. The van der Waals surface area contributed by atoms with Gasteiger partial charge in [0.1, 0.15) is 0 Å². The highest BCUT2D eigenvalue weighted by atomic mass is 16.5. The summed E-state index contributed by atoms with van der Waals surface area (Å²) in [6.07, 6.45) is 1.82. The molecule has 1 aromatic heterocycles. The summed E-state index contributed by atoms with van der Waals surface area (Å²) in [4.78, 5) is 16.0. The van der Waals surface area contributed by atoms with Crippen LogP contribution >= 0.6 is 0 Å². The van der Waals surface area contributed by atoms with Crippen LogP contribution in [0.3, 0.4) is 0 Å². The number of hydrogen-bond acceptors (Lipinski definition) is 5. The molecule has 1 amide bonds. The van der Waals surface area contributed by atoms with Crippen molar-refractivity contribution in [1.82, 2.24) is 15.5 Å². The first kappa shape index (κ1) is 13.1. The molecule has 6 heteroatoms. The SMILES string of the molecule is CNc1ccc(C)cc1C(=O)NCCc1ncon1. The molecule has 0 bridgehead atoms. The molecule has 1 aromatic carbocycles. The van der Waals surface area contributed by atoms with Crippen molar-refractivity contribution < 1.29 is 9.32 Å². The van der Waals surface area contributed by atoms with Crippen LogP contribution in [0.15, 0.2) is 29.1 Å². The summed E-state index contributed by atoms with van der Waals surface area (Å²) in [6, 6.07) is 5.71. The van der Waals surface area contributed by atoms with Crippen LogP contribution in [-0.4, -0.2) is 29.6 Å². The molecule has 0 saturated heterocycles. The van der Waals surface area contributed by atoms with Crippen LogP contribution in [0.5, 0.6) is 0 Å².